The van der Waals surface area contributed by atoms with Crippen molar-refractivity contribution >= 4 is 10.0 Å². The molecule has 2 heterocycles. The lowest BCUT2D eigenvalue weighted by atomic mass is 10.4. The molecule has 0 aromatic carbocycles. The summed E-state index contributed by atoms with van der Waals surface area (Å²) in [6.07, 6.45) is 0. The third-order valence-electron chi connectivity index (χ3n) is 3.66. The Morgan fingerprint density at radius 3 is 2.32 bits per heavy atom. The molecule has 112 valence electrons. The van der Waals surface area contributed by atoms with Crippen LogP contribution in [0.25, 0.3) is 0 Å². The Hall–Kier alpha value is -0.250. The fourth-order valence-electron chi connectivity index (χ4n) is 2.32. The predicted molar refractivity (Wildman–Crippen MR) is 75.3 cm³/mol. The van der Waals surface area contributed by atoms with Gasteiger partial charge in [-0.2, -0.15) is 0 Å². The van der Waals surface area contributed by atoms with Gasteiger partial charge in [-0.05, 0) is 7.05 Å². The van der Waals surface area contributed by atoms with Gasteiger partial charge in [0.2, 0.25) is 10.0 Å². The number of piperazine rings is 2. The van der Waals surface area contributed by atoms with E-state index in [9.17, 15) is 8.42 Å². The van der Waals surface area contributed by atoms with Crippen molar-refractivity contribution in [1.82, 2.24) is 25.0 Å². The highest BCUT2D eigenvalue weighted by Gasteiger charge is 2.20. The Bertz CT molecular complexity index is 361. The summed E-state index contributed by atoms with van der Waals surface area (Å²) in [4.78, 5) is 7.09. The SMILES string of the molecule is CN1CCN(NS(=O)(=O)CCN2CCNCC2)CC1. The van der Waals surface area contributed by atoms with Crippen LogP contribution in [0.1, 0.15) is 0 Å². The van der Waals surface area contributed by atoms with Crippen LogP contribution < -0.4 is 10.1 Å². The Morgan fingerprint density at radius 2 is 1.68 bits per heavy atom. The number of hydrogen-bond acceptors (Lipinski definition) is 6. The van der Waals surface area contributed by atoms with Gasteiger partial charge in [0, 0.05) is 58.9 Å². The zero-order valence-corrected chi connectivity index (χ0v) is 12.5. The minimum atomic E-state index is -3.20. The van der Waals surface area contributed by atoms with Crippen molar-refractivity contribution in [2.45, 2.75) is 0 Å². The van der Waals surface area contributed by atoms with Gasteiger partial charge in [0.05, 0.1) is 5.75 Å². The molecule has 0 radical (unpaired) electrons. The molecule has 0 bridgehead atoms. The quantitative estimate of drug-likeness (QED) is 0.609. The summed E-state index contributed by atoms with van der Waals surface area (Å²) in [5.74, 6) is 0.180. The van der Waals surface area contributed by atoms with E-state index in [4.69, 9.17) is 0 Å². The third-order valence-corrected chi connectivity index (χ3v) is 4.91. The molecule has 2 aliphatic heterocycles. The van der Waals surface area contributed by atoms with Gasteiger partial charge in [0.15, 0.2) is 0 Å². The van der Waals surface area contributed by atoms with Crippen molar-refractivity contribution in [3.63, 3.8) is 0 Å². The van der Waals surface area contributed by atoms with Crippen LogP contribution in [0.3, 0.4) is 0 Å². The largest absolute Gasteiger partial charge is 0.314 e. The molecule has 0 aromatic rings. The molecule has 2 aliphatic rings. The summed E-state index contributed by atoms with van der Waals surface area (Å²) in [5.41, 5.74) is 0. The van der Waals surface area contributed by atoms with Crippen LogP contribution in [0.2, 0.25) is 0 Å². The minimum Gasteiger partial charge on any atom is -0.314 e. The van der Waals surface area contributed by atoms with Gasteiger partial charge in [-0.1, -0.05) is 0 Å². The van der Waals surface area contributed by atoms with Crippen molar-refractivity contribution in [2.24, 2.45) is 0 Å². The monoisotopic (exact) mass is 291 g/mol. The molecule has 0 spiro atoms. The lowest BCUT2D eigenvalue weighted by molar-refractivity contribution is 0.134. The molecular formula is C11H25N5O2S. The van der Waals surface area contributed by atoms with Crippen LogP contribution >= 0.6 is 0 Å². The van der Waals surface area contributed by atoms with E-state index in [2.05, 4.69) is 27.0 Å². The number of hydrazine groups is 1. The minimum absolute atomic E-state index is 0.180. The van der Waals surface area contributed by atoms with Crippen LogP contribution in [0.5, 0.6) is 0 Å². The molecule has 0 aromatic heterocycles. The van der Waals surface area contributed by atoms with Gasteiger partial charge in [-0.15, -0.1) is 4.83 Å². The van der Waals surface area contributed by atoms with Gasteiger partial charge in [0.1, 0.15) is 0 Å². The number of rotatable bonds is 5. The second-order valence-corrected chi connectivity index (χ2v) is 7.11. The smallest absolute Gasteiger partial charge is 0.225 e. The molecule has 2 rings (SSSR count). The van der Waals surface area contributed by atoms with Gasteiger partial charge < -0.3 is 10.2 Å². The Kier molecular flexibility index (Phi) is 5.55. The van der Waals surface area contributed by atoms with E-state index in [1.54, 1.807) is 0 Å². The molecule has 0 aliphatic carbocycles. The molecule has 2 N–H and O–H groups in total. The summed E-state index contributed by atoms with van der Waals surface area (Å²) >= 11 is 0. The van der Waals surface area contributed by atoms with Crippen LogP contribution in [0.15, 0.2) is 0 Å². The third kappa shape index (κ3) is 5.33. The lowest BCUT2D eigenvalue weighted by Gasteiger charge is -2.32. The van der Waals surface area contributed by atoms with E-state index in [0.29, 0.717) is 6.54 Å². The maximum absolute atomic E-state index is 12.0. The van der Waals surface area contributed by atoms with Gasteiger partial charge in [-0.3, -0.25) is 4.90 Å². The van der Waals surface area contributed by atoms with Gasteiger partial charge in [0.25, 0.3) is 0 Å². The molecule has 8 heteroatoms. The summed E-state index contributed by atoms with van der Waals surface area (Å²) < 4.78 is 24.0. The highest BCUT2D eigenvalue weighted by molar-refractivity contribution is 7.89. The number of sulfonamides is 1. The fourth-order valence-corrected chi connectivity index (χ4v) is 3.49. The topological polar surface area (TPSA) is 67.9 Å². The Balaban J connectivity index is 1.72. The number of nitrogens with one attached hydrogen (secondary N) is 2. The summed E-state index contributed by atoms with van der Waals surface area (Å²) in [6, 6.07) is 0. The molecular weight excluding hydrogens is 266 g/mol. The zero-order chi connectivity index (χ0) is 13.7. The number of nitrogens with zero attached hydrogens (tertiary/aromatic N) is 3. The Morgan fingerprint density at radius 1 is 1.05 bits per heavy atom. The van der Waals surface area contributed by atoms with E-state index in [-0.39, 0.29) is 5.75 Å². The van der Waals surface area contributed by atoms with Crippen LogP contribution in [0, 0.1) is 0 Å². The first-order chi connectivity index (χ1) is 9.05. The molecule has 0 saturated carbocycles. The van der Waals surface area contributed by atoms with Crippen molar-refractivity contribution in [1.29, 1.82) is 0 Å². The summed E-state index contributed by atoms with van der Waals surface area (Å²) in [6.45, 7) is 7.70. The molecule has 2 saturated heterocycles. The highest BCUT2D eigenvalue weighted by Crippen LogP contribution is 1.99. The van der Waals surface area contributed by atoms with Crippen molar-refractivity contribution in [3.05, 3.63) is 0 Å². The van der Waals surface area contributed by atoms with Crippen LogP contribution in [0.4, 0.5) is 0 Å². The van der Waals surface area contributed by atoms with Gasteiger partial charge >= 0.3 is 0 Å². The first-order valence-corrected chi connectivity index (χ1v) is 8.57. The molecule has 19 heavy (non-hydrogen) atoms. The van der Waals surface area contributed by atoms with E-state index in [1.165, 1.54) is 0 Å². The number of hydrogen-bond donors (Lipinski definition) is 2. The van der Waals surface area contributed by atoms with Crippen LogP contribution in [-0.2, 0) is 10.0 Å². The normalized spacial score (nSPS) is 24.7. The van der Waals surface area contributed by atoms with E-state index in [1.807, 2.05) is 5.01 Å². The molecule has 0 amide bonds. The van der Waals surface area contributed by atoms with E-state index in [0.717, 1.165) is 52.4 Å². The fraction of sp³-hybridized carbons (Fsp3) is 1.00. The van der Waals surface area contributed by atoms with Crippen molar-refractivity contribution in [2.75, 3.05) is 71.7 Å². The number of likely N-dealkylation sites (N-methyl/N-ethyl adjacent to an activating group) is 1. The first-order valence-electron chi connectivity index (χ1n) is 6.92. The van der Waals surface area contributed by atoms with E-state index >= 15 is 0 Å². The molecule has 2 fully saturated rings. The van der Waals surface area contributed by atoms with Crippen molar-refractivity contribution < 1.29 is 8.42 Å². The summed E-state index contributed by atoms with van der Waals surface area (Å²) in [5, 5.41) is 5.07. The maximum Gasteiger partial charge on any atom is 0.225 e. The highest BCUT2D eigenvalue weighted by atomic mass is 32.2. The second kappa shape index (κ2) is 6.96. The molecule has 7 nitrogen and oxygen atoms in total. The summed E-state index contributed by atoms with van der Waals surface area (Å²) in [7, 11) is -1.15. The van der Waals surface area contributed by atoms with E-state index < -0.39 is 10.0 Å². The Labute approximate surface area is 115 Å². The lowest BCUT2D eigenvalue weighted by Crippen LogP contribution is -2.53. The average Bonchev–Trinajstić information content (AvgIpc) is 2.40. The van der Waals surface area contributed by atoms with Crippen LogP contribution in [-0.4, -0.2) is 94.9 Å². The van der Waals surface area contributed by atoms with Crippen molar-refractivity contribution in [3.8, 4) is 0 Å². The van der Waals surface area contributed by atoms with Gasteiger partial charge in [-0.25, -0.2) is 13.4 Å². The maximum atomic E-state index is 12.0. The standard InChI is InChI=1S/C11H25N5O2S/c1-14-6-8-16(9-7-14)13-19(17,18)11-10-15-4-2-12-3-5-15/h12-13H,2-11H2,1H3. The zero-order valence-electron chi connectivity index (χ0n) is 11.6. The predicted octanol–water partition coefficient (Wildman–Crippen LogP) is -2.03. The second-order valence-electron chi connectivity index (χ2n) is 5.29. The first kappa shape index (κ1) is 15.1. The average molecular weight is 291 g/mol. The molecule has 0 atom stereocenters. The molecule has 0 unspecified atom stereocenters.